The molecular weight excluding hydrogens is 549 g/mol. The monoisotopic (exact) mass is 563 g/mol. The van der Waals surface area contributed by atoms with Gasteiger partial charge in [-0.3, -0.25) is 14.5 Å². The normalized spacial score (nSPS) is 14.7. The SMILES string of the molecule is CCOc1cc(/C=C2/SC(=O)N(Cc3cccc(Br)c3)C2=O)ccc1Oc1nc(Cl)ncc1F. The van der Waals surface area contributed by atoms with E-state index >= 15 is 0 Å². The zero-order valence-corrected chi connectivity index (χ0v) is 20.8. The smallest absolute Gasteiger partial charge is 0.293 e. The lowest BCUT2D eigenvalue weighted by atomic mass is 10.1. The van der Waals surface area contributed by atoms with Crippen molar-refractivity contribution in [3.05, 3.63) is 80.3 Å². The van der Waals surface area contributed by atoms with Crippen LogP contribution in [0.1, 0.15) is 18.1 Å². The van der Waals surface area contributed by atoms with Crippen LogP contribution in [0.25, 0.3) is 6.08 Å². The fourth-order valence-electron chi connectivity index (χ4n) is 3.08. The minimum atomic E-state index is -0.782. The van der Waals surface area contributed by atoms with Crippen molar-refractivity contribution in [2.24, 2.45) is 0 Å². The summed E-state index contributed by atoms with van der Waals surface area (Å²) in [5.74, 6) is -1.00. The summed E-state index contributed by atoms with van der Waals surface area (Å²) in [5.41, 5.74) is 1.43. The van der Waals surface area contributed by atoms with Crippen LogP contribution >= 0.6 is 39.3 Å². The lowest BCUT2D eigenvalue weighted by Gasteiger charge is -2.13. The van der Waals surface area contributed by atoms with E-state index in [9.17, 15) is 14.0 Å². The van der Waals surface area contributed by atoms with E-state index in [1.165, 1.54) is 4.90 Å². The van der Waals surface area contributed by atoms with E-state index in [4.69, 9.17) is 21.1 Å². The van der Waals surface area contributed by atoms with Crippen LogP contribution in [-0.2, 0) is 11.3 Å². The molecule has 2 heterocycles. The highest BCUT2D eigenvalue weighted by Gasteiger charge is 2.35. The van der Waals surface area contributed by atoms with Crippen molar-refractivity contribution in [3.8, 4) is 17.4 Å². The molecule has 4 rings (SSSR count). The highest BCUT2D eigenvalue weighted by atomic mass is 79.9. The number of amides is 2. The molecule has 1 fully saturated rings. The van der Waals surface area contributed by atoms with Gasteiger partial charge in [0.15, 0.2) is 11.5 Å². The molecule has 2 aromatic carbocycles. The van der Waals surface area contributed by atoms with Crippen molar-refractivity contribution in [1.29, 1.82) is 0 Å². The summed E-state index contributed by atoms with van der Waals surface area (Å²) in [7, 11) is 0. The van der Waals surface area contributed by atoms with Crippen molar-refractivity contribution >= 4 is 56.5 Å². The van der Waals surface area contributed by atoms with Gasteiger partial charge in [0.05, 0.1) is 24.3 Å². The van der Waals surface area contributed by atoms with Crippen LogP contribution in [0.15, 0.2) is 58.0 Å². The number of aromatic nitrogens is 2. The van der Waals surface area contributed by atoms with E-state index < -0.39 is 5.82 Å². The number of thioether (sulfide) groups is 1. The summed E-state index contributed by atoms with van der Waals surface area (Å²) in [5, 5.41) is -0.512. The lowest BCUT2D eigenvalue weighted by molar-refractivity contribution is -0.123. The highest BCUT2D eigenvalue weighted by Crippen LogP contribution is 2.37. The minimum Gasteiger partial charge on any atom is -0.490 e. The van der Waals surface area contributed by atoms with Crippen LogP contribution < -0.4 is 9.47 Å². The second-order valence-corrected chi connectivity index (χ2v) is 9.18. The minimum absolute atomic E-state index is 0.162. The van der Waals surface area contributed by atoms with E-state index in [0.29, 0.717) is 17.9 Å². The topological polar surface area (TPSA) is 81.6 Å². The Morgan fingerprint density at radius 2 is 2.03 bits per heavy atom. The molecule has 0 unspecified atom stereocenters. The average Bonchev–Trinajstić information content (AvgIpc) is 3.05. The summed E-state index contributed by atoms with van der Waals surface area (Å²) in [4.78, 5) is 34.1. The van der Waals surface area contributed by atoms with Crippen LogP contribution in [0.3, 0.4) is 0 Å². The zero-order valence-electron chi connectivity index (χ0n) is 17.6. The standard InChI is InChI=1S/C23H16BrClFN3O4S/c1-2-32-18-9-13(6-7-17(18)33-20-16(26)11-27-22(25)28-20)10-19-21(30)29(23(31)34-19)12-14-4-3-5-15(24)8-14/h3-11H,2,12H2,1H3/b19-10+. The van der Waals surface area contributed by atoms with Gasteiger partial charge in [0.1, 0.15) is 0 Å². The second-order valence-electron chi connectivity index (χ2n) is 6.93. The molecule has 34 heavy (non-hydrogen) atoms. The molecular formula is C23H16BrClFN3O4S. The van der Waals surface area contributed by atoms with Crippen LogP contribution in [0.4, 0.5) is 9.18 Å². The Kier molecular flexibility index (Phi) is 7.50. The predicted octanol–water partition coefficient (Wildman–Crippen LogP) is 6.46. The first kappa shape index (κ1) is 24.2. The summed E-state index contributed by atoms with van der Waals surface area (Å²) in [6.45, 7) is 2.27. The van der Waals surface area contributed by atoms with Gasteiger partial charge in [-0.2, -0.15) is 9.37 Å². The molecule has 2 amide bonds. The van der Waals surface area contributed by atoms with Gasteiger partial charge in [-0.15, -0.1) is 0 Å². The molecule has 1 aliphatic heterocycles. The number of halogens is 3. The van der Waals surface area contributed by atoms with Crippen molar-refractivity contribution in [1.82, 2.24) is 14.9 Å². The number of benzene rings is 2. The summed E-state index contributed by atoms with van der Waals surface area (Å²) >= 11 is 9.98. The van der Waals surface area contributed by atoms with Crippen molar-refractivity contribution in [2.45, 2.75) is 13.5 Å². The quantitative estimate of drug-likeness (QED) is 0.241. The molecule has 0 aliphatic carbocycles. The van der Waals surface area contributed by atoms with Crippen molar-refractivity contribution < 1.29 is 23.5 Å². The van der Waals surface area contributed by atoms with E-state index in [1.807, 2.05) is 24.3 Å². The molecule has 7 nitrogen and oxygen atoms in total. The van der Waals surface area contributed by atoms with Gasteiger partial charge in [0.2, 0.25) is 11.1 Å². The van der Waals surface area contributed by atoms with Crippen molar-refractivity contribution in [3.63, 3.8) is 0 Å². The average molecular weight is 565 g/mol. The first-order valence-corrected chi connectivity index (χ1v) is 12.0. The van der Waals surface area contributed by atoms with Crippen LogP contribution in [0, 0.1) is 5.82 Å². The molecule has 0 N–H and O–H groups in total. The Morgan fingerprint density at radius 1 is 1.21 bits per heavy atom. The van der Waals surface area contributed by atoms with Crippen LogP contribution in [0.2, 0.25) is 5.28 Å². The molecule has 0 spiro atoms. The van der Waals surface area contributed by atoms with Gasteiger partial charge >= 0.3 is 0 Å². The van der Waals surface area contributed by atoms with Gasteiger partial charge < -0.3 is 9.47 Å². The molecule has 3 aromatic rings. The van der Waals surface area contributed by atoms with Gasteiger partial charge in [-0.05, 0) is 71.8 Å². The number of carbonyl (C=O) groups excluding carboxylic acids is 2. The fraction of sp³-hybridized carbons (Fsp3) is 0.130. The van der Waals surface area contributed by atoms with Crippen molar-refractivity contribution in [2.75, 3.05) is 6.61 Å². The Hall–Kier alpha value is -2.95. The number of hydrogen-bond donors (Lipinski definition) is 0. The first-order valence-electron chi connectivity index (χ1n) is 9.96. The summed E-state index contributed by atoms with van der Waals surface area (Å²) in [6, 6.07) is 12.2. The number of imide groups is 1. The maximum absolute atomic E-state index is 14.0. The first-order chi connectivity index (χ1) is 16.3. The Balaban J connectivity index is 1.57. The number of ether oxygens (including phenoxy) is 2. The maximum atomic E-state index is 14.0. The molecule has 1 aliphatic rings. The number of hydrogen-bond acceptors (Lipinski definition) is 7. The number of carbonyl (C=O) groups is 2. The molecule has 0 radical (unpaired) electrons. The summed E-state index contributed by atoms with van der Waals surface area (Å²) in [6.07, 6.45) is 2.50. The van der Waals surface area contributed by atoms with E-state index in [2.05, 4.69) is 25.9 Å². The summed E-state index contributed by atoms with van der Waals surface area (Å²) < 4.78 is 26.0. The molecule has 0 atom stereocenters. The van der Waals surface area contributed by atoms with Crippen LogP contribution in [0.5, 0.6) is 17.4 Å². The molecule has 1 aromatic heterocycles. The van der Waals surface area contributed by atoms with E-state index in [-0.39, 0.29) is 39.5 Å². The molecule has 11 heteroatoms. The van der Waals surface area contributed by atoms with Gasteiger partial charge in [0, 0.05) is 4.47 Å². The molecule has 0 saturated carbocycles. The Morgan fingerprint density at radius 3 is 2.79 bits per heavy atom. The third-order valence-electron chi connectivity index (χ3n) is 4.56. The molecule has 1 saturated heterocycles. The third kappa shape index (κ3) is 5.57. The lowest BCUT2D eigenvalue weighted by Crippen LogP contribution is -2.27. The largest absolute Gasteiger partial charge is 0.490 e. The maximum Gasteiger partial charge on any atom is 0.293 e. The number of rotatable bonds is 7. The van der Waals surface area contributed by atoms with Gasteiger partial charge in [-0.25, -0.2) is 4.98 Å². The van der Waals surface area contributed by atoms with E-state index in [1.54, 1.807) is 31.2 Å². The van der Waals surface area contributed by atoms with Gasteiger partial charge in [-0.1, -0.05) is 34.1 Å². The second kappa shape index (κ2) is 10.5. The Bertz CT molecular complexity index is 1310. The Labute approximate surface area is 212 Å². The number of nitrogens with zero attached hydrogens (tertiary/aromatic N) is 3. The molecule has 0 bridgehead atoms. The third-order valence-corrected chi connectivity index (χ3v) is 6.14. The van der Waals surface area contributed by atoms with E-state index in [0.717, 1.165) is 28.0 Å². The van der Waals surface area contributed by atoms with Gasteiger partial charge in [0.25, 0.3) is 17.0 Å². The predicted molar refractivity (Wildman–Crippen MR) is 130 cm³/mol. The highest BCUT2D eigenvalue weighted by molar-refractivity contribution is 9.10. The molecule has 174 valence electrons. The van der Waals surface area contributed by atoms with Crippen LogP contribution in [-0.4, -0.2) is 32.6 Å². The fourth-order valence-corrected chi connectivity index (χ4v) is 4.49. The zero-order chi connectivity index (χ0) is 24.2.